The van der Waals surface area contributed by atoms with Gasteiger partial charge in [0, 0.05) is 0 Å². The van der Waals surface area contributed by atoms with Gasteiger partial charge in [0.05, 0.1) is 0 Å². The van der Waals surface area contributed by atoms with Gasteiger partial charge in [-0.25, -0.2) is 0 Å². The van der Waals surface area contributed by atoms with Gasteiger partial charge in [-0.05, 0) is 12.8 Å². The van der Waals surface area contributed by atoms with Crippen LogP contribution in [0.25, 0.3) is 0 Å². The molecule has 1 spiro atoms. The van der Waals surface area contributed by atoms with Gasteiger partial charge < -0.3 is 4.74 Å². The third kappa shape index (κ3) is 0.243. The fourth-order valence-electron chi connectivity index (χ4n) is 0.835. The lowest BCUT2D eigenvalue weighted by molar-refractivity contribution is -0.172. The Hall–Kier alpha value is -0.530. The van der Waals surface area contributed by atoms with Crippen LogP contribution in [-0.4, -0.2) is 12.6 Å². The van der Waals surface area contributed by atoms with E-state index in [0.29, 0.717) is 6.61 Å². The van der Waals surface area contributed by atoms with E-state index in [-0.39, 0.29) is 11.4 Å². The molecule has 2 fully saturated rings. The first-order valence-corrected chi connectivity index (χ1v) is 2.51. The maximum atomic E-state index is 10.4. The minimum atomic E-state index is 0.0347. The van der Waals surface area contributed by atoms with Crippen molar-refractivity contribution >= 4 is 5.97 Å². The van der Waals surface area contributed by atoms with Crippen LogP contribution in [0.3, 0.4) is 0 Å². The Morgan fingerprint density at radius 3 is 2.29 bits per heavy atom. The summed E-state index contributed by atoms with van der Waals surface area (Å²) >= 11 is 0. The Morgan fingerprint density at radius 2 is 2.29 bits per heavy atom. The van der Waals surface area contributed by atoms with Gasteiger partial charge in [0.15, 0.2) is 0 Å². The molecule has 0 aromatic heterocycles. The van der Waals surface area contributed by atoms with E-state index in [1.165, 1.54) is 0 Å². The number of hydrogen-bond donors (Lipinski definition) is 0. The predicted molar refractivity (Wildman–Crippen MR) is 22.6 cm³/mol. The topological polar surface area (TPSA) is 26.3 Å². The number of cyclic esters (lactones) is 1. The molecular formula is C5H6O2. The second-order valence-electron chi connectivity index (χ2n) is 2.36. The van der Waals surface area contributed by atoms with Crippen LogP contribution in [-0.2, 0) is 9.53 Å². The number of esters is 1. The molecule has 0 aromatic rings. The average Bonchev–Trinajstić information content (AvgIpc) is 2.40. The lowest BCUT2D eigenvalue weighted by Gasteiger charge is -2.22. The van der Waals surface area contributed by atoms with Crippen LogP contribution in [0.15, 0.2) is 0 Å². The van der Waals surface area contributed by atoms with E-state index in [1.54, 1.807) is 0 Å². The zero-order valence-corrected chi connectivity index (χ0v) is 3.94. The lowest BCUT2D eigenvalue weighted by Crippen LogP contribution is -2.36. The Morgan fingerprint density at radius 1 is 1.57 bits per heavy atom. The van der Waals surface area contributed by atoms with Crippen LogP contribution >= 0.6 is 0 Å². The third-order valence-corrected chi connectivity index (χ3v) is 1.77. The largest absolute Gasteiger partial charge is 0.464 e. The van der Waals surface area contributed by atoms with Gasteiger partial charge in [-0.2, -0.15) is 0 Å². The summed E-state index contributed by atoms with van der Waals surface area (Å²) in [6, 6.07) is 0. The molecule has 0 N–H and O–H groups in total. The van der Waals surface area contributed by atoms with Gasteiger partial charge in [0.25, 0.3) is 0 Å². The Bertz CT molecular complexity index is 124. The van der Waals surface area contributed by atoms with Crippen molar-refractivity contribution in [3.05, 3.63) is 0 Å². The summed E-state index contributed by atoms with van der Waals surface area (Å²) in [5.74, 6) is 0.0347. The maximum absolute atomic E-state index is 10.4. The van der Waals surface area contributed by atoms with Gasteiger partial charge in [0.2, 0.25) is 0 Å². The maximum Gasteiger partial charge on any atom is 0.315 e. The van der Waals surface area contributed by atoms with Crippen LogP contribution in [0.4, 0.5) is 0 Å². The van der Waals surface area contributed by atoms with Crippen molar-refractivity contribution in [2.24, 2.45) is 5.41 Å². The van der Waals surface area contributed by atoms with E-state index >= 15 is 0 Å². The monoisotopic (exact) mass is 98.0 g/mol. The first-order valence-electron chi connectivity index (χ1n) is 2.51. The van der Waals surface area contributed by atoms with Crippen LogP contribution in [0.2, 0.25) is 0 Å². The minimum absolute atomic E-state index is 0.0347. The fraction of sp³-hybridized carbons (Fsp3) is 0.800. The van der Waals surface area contributed by atoms with E-state index < -0.39 is 0 Å². The summed E-state index contributed by atoms with van der Waals surface area (Å²) in [6.07, 6.45) is 2.15. The van der Waals surface area contributed by atoms with Crippen molar-refractivity contribution in [1.82, 2.24) is 0 Å². The molecule has 1 aliphatic heterocycles. The quantitative estimate of drug-likeness (QED) is 0.408. The minimum Gasteiger partial charge on any atom is -0.464 e. The highest BCUT2D eigenvalue weighted by atomic mass is 16.6. The molecule has 2 nitrogen and oxygen atoms in total. The van der Waals surface area contributed by atoms with Crippen molar-refractivity contribution in [2.45, 2.75) is 12.8 Å². The summed E-state index contributed by atoms with van der Waals surface area (Å²) in [5.41, 5.74) is 0.0694. The second kappa shape index (κ2) is 0.703. The summed E-state index contributed by atoms with van der Waals surface area (Å²) in [5, 5.41) is 0. The molecule has 1 heterocycles. The Balaban J connectivity index is 2.23. The number of ether oxygens (including phenoxy) is 1. The molecule has 0 unspecified atom stereocenters. The molecule has 0 aromatic carbocycles. The molecule has 2 rings (SSSR count). The fourth-order valence-corrected chi connectivity index (χ4v) is 0.835. The summed E-state index contributed by atoms with van der Waals surface area (Å²) < 4.78 is 4.57. The summed E-state index contributed by atoms with van der Waals surface area (Å²) in [6.45, 7) is 0.700. The molecule has 2 heteroatoms. The van der Waals surface area contributed by atoms with Crippen molar-refractivity contribution in [1.29, 1.82) is 0 Å². The molecule has 2 aliphatic rings. The number of carbonyl (C=O) groups is 1. The lowest BCUT2D eigenvalue weighted by atomic mass is 10.1. The van der Waals surface area contributed by atoms with E-state index in [9.17, 15) is 4.79 Å². The highest BCUT2D eigenvalue weighted by molar-refractivity contribution is 5.84. The van der Waals surface area contributed by atoms with Crippen molar-refractivity contribution < 1.29 is 9.53 Å². The van der Waals surface area contributed by atoms with Gasteiger partial charge in [-0.3, -0.25) is 4.79 Å². The molecule has 0 atom stereocenters. The molecular weight excluding hydrogens is 92.1 g/mol. The molecule has 1 aliphatic carbocycles. The SMILES string of the molecule is O=C1OCC12CC2. The molecule has 0 bridgehead atoms. The number of carbonyl (C=O) groups excluding carboxylic acids is 1. The summed E-state index contributed by atoms with van der Waals surface area (Å²) in [4.78, 5) is 10.4. The van der Waals surface area contributed by atoms with Gasteiger partial charge in [0.1, 0.15) is 12.0 Å². The number of rotatable bonds is 0. The summed E-state index contributed by atoms with van der Waals surface area (Å²) in [7, 11) is 0. The van der Waals surface area contributed by atoms with Crippen molar-refractivity contribution in [3.63, 3.8) is 0 Å². The second-order valence-corrected chi connectivity index (χ2v) is 2.36. The van der Waals surface area contributed by atoms with E-state index in [1.807, 2.05) is 0 Å². The zero-order chi connectivity index (χ0) is 4.91. The molecule has 38 valence electrons. The standard InChI is InChI=1S/C5H6O2/c6-4-5(1-2-5)3-7-4/h1-3H2. The zero-order valence-electron chi connectivity index (χ0n) is 3.94. The first kappa shape index (κ1) is 3.47. The van der Waals surface area contributed by atoms with Crippen LogP contribution in [0.1, 0.15) is 12.8 Å². The van der Waals surface area contributed by atoms with E-state index in [0.717, 1.165) is 12.8 Å². The molecule has 0 amide bonds. The first-order chi connectivity index (χ1) is 3.33. The van der Waals surface area contributed by atoms with Crippen LogP contribution < -0.4 is 0 Å². The van der Waals surface area contributed by atoms with E-state index in [4.69, 9.17) is 0 Å². The highest BCUT2D eigenvalue weighted by Crippen LogP contribution is 2.52. The molecule has 1 saturated carbocycles. The van der Waals surface area contributed by atoms with E-state index in [2.05, 4.69) is 4.74 Å². The van der Waals surface area contributed by atoms with Gasteiger partial charge >= 0.3 is 5.97 Å². The Labute approximate surface area is 41.5 Å². The smallest absolute Gasteiger partial charge is 0.315 e. The number of hydrogen-bond acceptors (Lipinski definition) is 2. The third-order valence-electron chi connectivity index (χ3n) is 1.77. The molecule has 0 radical (unpaired) electrons. The normalized spacial score (nSPS) is 31.7. The van der Waals surface area contributed by atoms with Gasteiger partial charge in [-0.15, -0.1) is 0 Å². The van der Waals surface area contributed by atoms with Gasteiger partial charge in [-0.1, -0.05) is 0 Å². The highest BCUT2D eigenvalue weighted by Gasteiger charge is 2.58. The Kier molecular flexibility index (Phi) is 0.348. The molecule has 1 saturated heterocycles. The van der Waals surface area contributed by atoms with Crippen molar-refractivity contribution in [2.75, 3.05) is 6.61 Å². The average molecular weight is 98.1 g/mol. The predicted octanol–water partition coefficient (Wildman–Crippen LogP) is 0.323. The van der Waals surface area contributed by atoms with Crippen LogP contribution in [0, 0.1) is 5.41 Å². The molecule has 7 heavy (non-hydrogen) atoms. The van der Waals surface area contributed by atoms with Crippen molar-refractivity contribution in [3.8, 4) is 0 Å². The van der Waals surface area contributed by atoms with Crippen LogP contribution in [0.5, 0.6) is 0 Å².